The number of hydrogen-bond donors (Lipinski definition) is 4. The third-order valence-electron chi connectivity index (χ3n) is 2.08. The molecular formula is C14H31N3O4. The largest absolute Gasteiger partial charge is 0.480 e. The van der Waals surface area contributed by atoms with Gasteiger partial charge in [-0.1, -0.05) is 34.6 Å². The Balaban J connectivity index is -0.000000739. The summed E-state index contributed by atoms with van der Waals surface area (Å²) < 4.78 is 0. The van der Waals surface area contributed by atoms with Crippen molar-refractivity contribution >= 4 is 17.8 Å². The van der Waals surface area contributed by atoms with Crippen LogP contribution in [-0.2, 0) is 14.4 Å². The van der Waals surface area contributed by atoms with E-state index in [2.05, 4.69) is 10.6 Å². The van der Waals surface area contributed by atoms with E-state index in [1.807, 2.05) is 27.7 Å². The van der Waals surface area contributed by atoms with E-state index in [0.29, 0.717) is 13.1 Å². The molecule has 0 aliphatic heterocycles. The number of carboxylic acid groups (broad SMARTS) is 1. The van der Waals surface area contributed by atoms with Crippen LogP contribution in [0.4, 0.5) is 0 Å². The van der Waals surface area contributed by atoms with E-state index in [0.717, 1.165) is 0 Å². The van der Waals surface area contributed by atoms with Gasteiger partial charge in [-0.2, -0.15) is 0 Å². The number of carbonyl (C=O) groups is 3. The van der Waals surface area contributed by atoms with Crippen molar-refractivity contribution in [2.75, 3.05) is 13.1 Å². The molecule has 0 saturated heterocycles. The van der Waals surface area contributed by atoms with Gasteiger partial charge in [0.2, 0.25) is 11.8 Å². The second kappa shape index (κ2) is 18.4. The highest BCUT2D eigenvalue weighted by molar-refractivity contribution is 5.84. The van der Waals surface area contributed by atoms with Crippen LogP contribution in [0.5, 0.6) is 0 Å². The van der Waals surface area contributed by atoms with Gasteiger partial charge in [0.05, 0.1) is 0 Å². The number of aliphatic carboxylic acids is 1. The molecule has 2 amide bonds. The van der Waals surface area contributed by atoms with Gasteiger partial charge in [0, 0.05) is 25.9 Å². The summed E-state index contributed by atoms with van der Waals surface area (Å²) in [6.07, 6.45) is 0.321. The fraction of sp³-hybridized carbons (Fsp3) is 0.786. The minimum Gasteiger partial charge on any atom is -0.480 e. The van der Waals surface area contributed by atoms with E-state index in [1.165, 1.54) is 0 Å². The maximum Gasteiger partial charge on any atom is 0.326 e. The quantitative estimate of drug-likeness (QED) is 0.530. The van der Waals surface area contributed by atoms with Crippen LogP contribution in [0.1, 0.15) is 53.9 Å². The molecule has 0 aliphatic rings. The molecule has 0 fully saturated rings. The lowest BCUT2D eigenvalue weighted by atomic mass is 10.1. The van der Waals surface area contributed by atoms with Gasteiger partial charge in [-0.05, 0) is 6.42 Å². The predicted molar refractivity (Wildman–Crippen MR) is 83.9 cm³/mol. The predicted octanol–water partition coefficient (Wildman–Crippen LogP) is 0.873. The Kier molecular flexibility index (Phi) is 21.3. The smallest absolute Gasteiger partial charge is 0.326 e. The number of hydrogen-bond acceptors (Lipinski definition) is 4. The maximum atomic E-state index is 11.2. The Morgan fingerprint density at radius 1 is 1.10 bits per heavy atom. The molecule has 7 heteroatoms. The fourth-order valence-electron chi connectivity index (χ4n) is 1.13. The molecule has 0 spiro atoms. The molecule has 7 nitrogen and oxygen atoms in total. The molecule has 0 saturated carbocycles. The lowest BCUT2D eigenvalue weighted by molar-refractivity contribution is -0.142. The lowest BCUT2D eigenvalue weighted by Crippen LogP contribution is -2.41. The van der Waals surface area contributed by atoms with Crippen molar-refractivity contribution in [1.82, 2.24) is 10.6 Å². The molecule has 0 aromatic rings. The molecule has 0 unspecified atom stereocenters. The molecule has 0 rings (SSSR count). The Labute approximate surface area is 127 Å². The Hall–Kier alpha value is -1.63. The third kappa shape index (κ3) is 16.3. The van der Waals surface area contributed by atoms with Crippen LogP contribution in [0.3, 0.4) is 0 Å². The zero-order valence-corrected chi connectivity index (χ0v) is 13.9. The highest BCUT2D eigenvalue weighted by Gasteiger charge is 2.19. The van der Waals surface area contributed by atoms with Gasteiger partial charge in [-0.25, -0.2) is 4.79 Å². The summed E-state index contributed by atoms with van der Waals surface area (Å²) in [5.74, 6) is -1.76. The van der Waals surface area contributed by atoms with Crippen LogP contribution in [-0.4, -0.2) is 42.0 Å². The van der Waals surface area contributed by atoms with Crippen molar-refractivity contribution in [1.29, 1.82) is 0 Å². The SMILES string of the molecule is CC.CC.CCC(=O)N[C@@H](CCC(=O)NCCN)C(=O)O. The maximum absolute atomic E-state index is 11.2. The number of carbonyl (C=O) groups excluding carboxylic acids is 2. The number of amides is 2. The van der Waals surface area contributed by atoms with Crippen molar-refractivity contribution in [2.24, 2.45) is 5.73 Å². The first kappa shape index (κ1) is 24.4. The summed E-state index contributed by atoms with van der Waals surface area (Å²) in [6.45, 7) is 10.3. The fourth-order valence-corrected chi connectivity index (χ4v) is 1.13. The highest BCUT2D eigenvalue weighted by Crippen LogP contribution is 1.98. The average Bonchev–Trinajstić information content (AvgIpc) is 2.52. The Bertz CT molecular complexity index is 283. The highest BCUT2D eigenvalue weighted by atomic mass is 16.4. The third-order valence-corrected chi connectivity index (χ3v) is 2.08. The molecule has 0 aromatic heterocycles. The van der Waals surface area contributed by atoms with Crippen LogP contribution >= 0.6 is 0 Å². The minimum atomic E-state index is -1.14. The van der Waals surface area contributed by atoms with Gasteiger partial charge in [0.1, 0.15) is 6.04 Å². The monoisotopic (exact) mass is 305 g/mol. The van der Waals surface area contributed by atoms with Crippen LogP contribution < -0.4 is 16.4 Å². The van der Waals surface area contributed by atoms with Crippen LogP contribution in [0.25, 0.3) is 0 Å². The Morgan fingerprint density at radius 2 is 1.62 bits per heavy atom. The number of carboxylic acids is 1. The van der Waals surface area contributed by atoms with E-state index in [9.17, 15) is 14.4 Å². The summed E-state index contributed by atoms with van der Waals surface area (Å²) in [4.78, 5) is 33.1. The molecule has 126 valence electrons. The molecule has 5 N–H and O–H groups in total. The zero-order chi connectivity index (χ0) is 17.3. The van der Waals surface area contributed by atoms with Crippen LogP contribution in [0.15, 0.2) is 0 Å². The van der Waals surface area contributed by atoms with E-state index in [-0.39, 0.29) is 31.1 Å². The zero-order valence-electron chi connectivity index (χ0n) is 13.9. The van der Waals surface area contributed by atoms with Gasteiger partial charge in [-0.3, -0.25) is 9.59 Å². The van der Waals surface area contributed by atoms with Crippen molar-refractivity contribution in [2.45, 2.75) is 59.9 Å². The molecular weight excluding hydrogens is 274 g/mol. The molecule has 0 heterocycles. The minimum absolute atomic E-state index is 0.0426. The second-order valence-electron chi connectivity index (χ2n) is 3.49. The van der Waals surface area contributed by atoms with E-state index in [1.54, 1.807) is 6.92 Å². The van der Waals surface area contributed by atoms with Gasteiger partial charge >= 0.3 is 5.97 Å². The first-order valence-electron chi connectivity index (χ1n) is 7.50. The number of nitrogens with two attached hydrogens (primary N) is 1. The van der Waals surface area contributed by atoms with E-state index in [4.69, 9.17) is 10.8 Å². The second-order valence-corrected chi connectivity index (χ2v) is 3.49. The molecule has 0 aliphatic carbocycles. The van der Waals surface area contributed by atoms with Crippen LogP contribution in [0, 0.1) is 0 Å². The van der Waals surface area contributed by atoms with Crippen LogP contribution in [0.2, 0.25) is 0 Å². The lowest BCUT2D eigenvalue weighted by Gasteiger charge is -2.13. The van der Waals surface area contributed by atoms with Gasteiger partial charge in [-0.15, -0.1) is 0 Å². The standard InChI is InChI=1S/C10H19N3O4.2C2H6/c1-2-8(14)13-7(10(16)17)3-4-9(15)12-6-5-11;2*1-2/h7H,2-6,11H2,1H3,(H,12,15)(H,13,14)(H,16,17);2*1-2H3/t7-;;/m0../s1. The first-order chi connectivity index (χ1) is 10.0. The first-order valence-corrected chi connectivity index (χ1v) is 7.50. The summed E-state index contributed by atoms with van der Waals surface area (Å²) in [5, 5.41) is 13.7. The topological polar surface area (TPSA) is 122 Å². The number of nitrogens with one attached hydrogen (secondary N) is 2. The normalized spacial score (nSPS) is 10.0. The van der Waals surface area contributed by atoms with Gasteiger partial charge < -0.3 is 21.5 Å². The molecule has 0 radical (unpaired) electrons. The average molecular weight is 305 g/mol. The van der Waals surface area contributed by atoms with Crippen molar-refractivity contribution in [3.05, 3.63) is 0 Å². The Morgan fingerprint density at radius 3 is 2.00 bits per heavy atom. The summed E-state index contributed by atoms with van der Waals surface area (Å²) >= 11 is 0. The molecule has 0 aromatic carbocycles. The van der Waals surface area contributed by atoms with Crippen molar-refractivity contribution in [3.8, 4) is 0 Å². The molecule has 0 bridgehead atoms. The van der Waals surface area contributed by atoms with E-state index < -0.39 is 12.0 Å². The van der Waals surface area contributed by atoms with Crippen molar-refractivity contribution in [3.63, 3.8) is 0 Å². The summed E-state index contributed by atoms with van der Waals surface area (Å²) in [7, 11) is 0. The summed E-state index contributed by atoms with van der Waals surface area (Å²) in [5.41, 5.74) is 5.20. The molecule has 21 heavy (non-hydrogen) atoms. The van der Waals surface area contributed by atoms with E-state index >= 15 is 0 Å². The summed E-state index contributed by atoms with van der Waals surface area (Å²) in [6, 6.07) is -1.02. The van der Waals surface area contributed by atoms with Gasteiger partial charge in [0.25, 0.3) is 0 Å². The number of rotatable bonds is 8. The molecule has 1 atom stereocenters. The van der Waals surface area contributed by atoms with Gasteiger partial charge in [0.15, 0.2) is 0 Å². The van der Waals surface area contributed by atoms with Crippen molar-refractivity contribution < 1.29 is 19.5 Å².